The van der Waals surface area contributed by atoms with Gasteiger partial charge in [0.25, 0.3) is 0 Å². The summed E-state index contributed by atoms with van der Waals surface area (Å²) in [5.74, 6) is -2.46. The van der Waals surface area contributed by atoms with E-state index >= 15 is 0 Å². The van der Waals surface area contributed by atoms with Crippen molar-refractivity contribution in [3.05, 3.63) is 45.4 Å². The second-order valence-corrected chi connectivity index (χ2v) is 12.8. The van der Waals surface area contributed by atoms with E-state index in [1.807, 2.05) is 19.0 Å². The summed E-state index contributed by atoms with van der Waals surface area (Å²) in [6.07, 6.45) is 3.21. The number of benzene rings is 1. The summed E-state index contributed by atoms with van der Waals surface area (Å²) in [5.41, 5.74) is 8.82. The molecular formula is C28H38BN4O5P. The number of likely N-dealkylation sites (N-methyl/N-ethyl adjacent to an activating group) is 1. The van der Waals surface area contributed by atoms with Crippen LogP contribution in [0.25, 0.3) is 0 Å². The maximum atomic E-state index is 14.1. The van der Waals surface area contributed by atoms with Crippen LogP contribution in [0.5, 0.6) is 5.75 Å². The van der Waals surface area contributed by atoms with Gasteiger partial charge in [-0.2, -0.15) is 0 Å². The molecular weight excluding hydrogens is 514 g/mol. The van der Waals surface area contributed by atoms with E-state index in [1.54, 1.807) is 25.1 Å². The Morgan fingerprint density at radius 3 is 2.41 bits per heavy atom. The number of carbonyl (C=O) groups is 2. The Balaban J connectivity index is 1.68. The molecule has 1 aliphatic heterocycles. The normalized spacial score (nSPS) is 29.0. The number of phenols is 1. The van der Waals surface area contributed by atoms with Gasteiger partial charge in [-0.25, -0.2) is 0 Å². The molecule has 4 aliphatic rings. The number of nitrogens with zero attached hydrogens (tertiary/aromatic N) is 3. The predicted molar refractivity (Wildman–Crippen MR) is 157 cm³/mol. The molecule has 1 amide bonds. The number of phenolic OH excluding ortho intramolecular Hbond substituents is 1. The Morgan fingerprint density at radius 1 is 1.21 bits per heavy atom. The summed E-state index contributed by atoms with van der Waals surface area (Å²) in [4.78, 5) is 32.7. The molecule has 0 spiro atoms. The van der Waals surface area contributed by atoms with Crippen LogP contribution >= 0.6 is 9.24 Å². The van der Waals surface area contributed by atoms with Gasteiger partial charge in [0, 0.05) is 0 Å². The molecule has 39 heavy (non-hydrogen) atoms. The van der Waals surface area contributed by atoms with Gasteiger partial charge in [0.15, 0.2) is 0 Å². The molecule has 1 aromatic carbocycles. The Kier molecular flexibility index (Phi) is 6.97. The average molecular weight is 552 g/mol. The maximum absolute atomic E-state index is 14.1. The molecule has 0 aromatic heterocycles. The second-order valence-electron chi connectivity index (χ2n) is 11.8. The fraction of sp³-hybridized carbons (Fsp3) is 0.536. The molecule has 208 valence electrons. The molecule has 5 rings (SSSR count). The Bertz CT molecular complexity index is 1350. The van der Waals surface area contributed by atoms with Gasteiger partial charge in [-0.1, -0.05) is 0 Å². The summed E-state index contributed by atoms with van der Waals surface area (Å²) >= 11 is 0. The minimum absolute atomic E-state index is 0.0857. The van der Waals surface area contributed by atoms with Gasteiger partial charge in [0.1, 0.15) is 0 Å². The Morgan fingerprint density at radius 2 is 1.85 bits per heavy atom. The number of Topliss-reactive ketones (excluding diaryl/α,β-unsaturated/α-hetero) is 1. The number of amides is 1. The predicted octanol–water partition coefficient (Wildman–Crippen LogP) is 1.17. The van der Waals surface area contributed by atoms with Crippen molar-refractivity contribution in [1.82, 2.24) is 9.80 Å². The quantitative estimate of drug-likeness (QED) is 0.317. The SMILES string of the molecule is B=C1C(C(N)=O)=C(O)[C@@H](N(C)C)[C@@H]2C[C@@H]3Cc4c(c(O)cc(CN5CCCC5)c4N(C)C)C(=O)C3=C(O)[C@]12P. The number of aliphatic hydroxyl groups is 2. The standard InChI is InChI=1S/C28H38BN4O5P/c1-31(2)21-14(12-33-7-5-6-8-33)11-17(34)19-15(21)9-13-10-16-22(32(3)4)24(36)20(27(30)38)25(29)28(16,39)26(37)18(13)23(19)35/h11,13,16,22,29,34,36-37H,5-10,12,39H2,1-4H3,(H2,30,38)/t13-,16-,22-,28+/m0/s1. The van der Waals surface area contributed by atoms with Gasteiger partial charge in [0.2, 0.25) is 0 Å². The molecule has 9 nitrogen and oxygen atoms in total. The van der Waals surface area contributed by atoms with Crippen molar-refractivity contribution >= 4 is 39.6 Å². The van der Waals surface area contributed by atoms with Gasteiger partial charge in [0.05, 0.1) is 0 Å². The Labute approximate surface area is 232 Å². The van der Waals surface area contributed by atoms with Gasteiger partial charge in [-0.15, -0.1) is 0 Å². The molecule has 1 saturated heterocycles. The van der Waals surface area contributed by atoms with Crippen molar-refractivity contribution in [2.45, 2.75) is 43.4 Å². The molecule has 3 aliphatic carbocycles. The monoisotopic (exact) mass is 552 g/mol. The molecule has 0 saturated carbocycles. The molecule has 1 unspecified atom stereocenters. The summed E-state index contributed by atoms with van der Waals surface area (Å²) in [6, 6.07) is 1.07. The number of hydrogen-bond donors (Lipinski definition) is 4. The molecule has 1 fully saturated rings. The number of ketones is 1. The van der Waals surface area contributed by atoms with Crippen LogP contribution in [0.2, 0.25) is 0 Å². The van der Waals surface area contributed by atoms with E-state index in [0.717, 1.165) is 42.7 Å². The molecule has 1 heterocycles. The van der Waals surface area contributed by atoms with E-state index in [9.17, 15) is 24.9 Å². The van der Waals surface area contributed by atoms with Crippen molar-refractivity contribution < 1.29 is 24.9 Å². The zero-order valence-corrected chi connectivity index (χ0v) is 24.3. The Hall–Kier alpha value is -2.68. The van der Waals surface area contributed by atoms with Crippen LogP contribution in [-0.2, 0) is 17.8 Å². The van der Waals surface area contributed by atoms with Gasteiger partial charge in [-0.3, -0.25) is 0 Å². The summed E-state index contributed by atoms with van der Waals surface area (Å²) in [5, 5.41) is 32.9. The number of anilines is 1. The van der Waals surface area contributed by atoms with Crippen LogP contribution < -0.4 is 10.6 Å². The van der Waals surface area contributed by atoms with E-state index in [2.05, 4.69) is 21.6 Å². The van der Waals surface area contributed by atoms with Crippen molar-refractivity contribution in [2.75, 3.05) is 46.2 Å². The van der Waals surface area contributed by atoms with Crippen LogP contribution in [0.4, 0.5) is 5.69 Å². The number of aliphatic hydroxyl groups excluding tert-OH is 2. The molecule has 5 atom stereocenters. The van der Waals surface area contributed by atoms with Crippen molar-refractivity contribution in [3.8, 4) is 5.75 Å². The van der Waals surface area contributed by atoms with Crippen LogP contribution in [0.1, 0.15) is 40.7 Å². The topological polar surface area (TPSA) is 131 Å². The summed E-state index contributed by atoms with van der Waals surface area (Å²) in [7, 11) is 14.2. The van der Waals surface area contributed by atoms with Crippen LogP contribution in [0, 0.1) is 11.8 Å². The zero-order valence-electron chi connectivity index (χ0n) is 23.1. The first-order valence-corrected chi connectivity index (χ1v) is 14.0. The number of aromatic hydroxyl groups is 1. The van der Waals surface area contributed by atoms with Crippen LogP contribution in [-0.4, -0.2) is 102 Å². The van der Waals surface area contributed by atoms with E-state index < -0.39 is 28.8 Å². The number of hydrogen-bond acceptors (Lipinski definition) is 8. The van der Waals surface area contributed by atoms with Crippen LogP contribution in [0.15, 0.2) is 28.7 Å². The number of rotatable bonds is 5. The number of likely N-dealkylation sites (tertiary alicyclic amines) is 1. The fourth-order valence-corrected chi connectivity index (χ4v) is 8.09. The van der Waals surface area contributed by atoms with Gasteiger partial charge < -0.3 is 0 Å². The van der Waals surface area contributed by atoms with E-state index in [-0.39, 0.29) is 45.4 Å². The van der Waals surface area contributed by atoms with E-state index in [1.165, 1.54) is 0 Å². The molecule has 1 aromatic rings. The molecule has 0 bridgehead atoms. The van der Waals surface area contributed by atoms with Crippen LogP contribution in [0.3, 0.4) is 0 Å². The van der Waals surface area contributed by atoms with Crippen molar-refractivity contribution in [1.29, 1.82) is 0 Å². The fourth-order valence-electron chi connectivity index (χ4n) is 7.47. The molecule has 5 N–H and O–H groups in total. The number of allylic oxidation sites excluding steroid dienone is 2. The average Bonchev–Trinajstić information content (AvgIpc) is 3.33. The van der Waals surface area contributed by atoms with Gasteiger partial charge in [-0.05, 0) is 12.8 Å². The second kappa shape index (κ2) is 9.75. The molecule has 11 heteroatoms. The number of fused-ring (bicyclic) bond motifs is 3. The first-order valence-electron chi connectivity index (χ1n) is 13.4. The number of nitrogens with two attached hydrogens (primary N) is 1. The first-order chi connectivity index (χ1) is 18.3. The van der Waals surface area contributed by atoms with Gasteiger partial charge >= 0.3 is 220 Å². The van der Waals surface area contributed by atoms with E-state index in [0.29, 0.717) is 19.4 Å². The first kappa shape index (κ1) is 27.9. The zero-order chi connectivity index (χ0) is 28.5. The third-order valence-electron chi connectivity index (χ3n) is 9.12. The molecule has 0 radical (unpaired) electrons. The number of primary amides is 1. The third-order valence-corrected chi connectivity index (χ3v) is 10.2. The minimum atomic E-state index is -1.28. The summed E-state index contributed by atoms with van der Waals surface area (Å²) < 4.78 is 0. The van der Waals surface area contributed by atoms with Crippen molar-refractivity contribution in [3.63, 3.8) is 0 Å². The van der Waals surface area contributed by atoms with Crippen molar-refractivity contribution in [2.24, 2.45) is 17.6 Å². The number of carbonyl (C=O) groups excluding carboxylic acids is 2. The third kappa shape index (κ3) is 4.06. The van der Waals surface area contributed by atoms with E-state index in [4.69, 9.17) is 5.73 Å². The summed E-state index contributed by atoms with van der Waals surface area (Å²) in [6.45, 7) is 2.70.